The molecule has 0 aliphatic carbocycles. The number of carbonyl (C=O) groups is 1. The number of aliphatic carboxylic acids is 1. The average Bonchev–Trinajstić information content (AvgIpc) is 2.52. The summed E-state index contributed by atoms with van der Waals surface area (Å²) in [7, 11) is 0. The second-order valence-corrected chi connectivity index (χ2v) is 5.96. The zero-order valence-corrected chi connectivity index (χ0v) is 11.6. The lowest BCUT2D eigenvalue weighted by molar-refractivity contribution is -0.137. The maximum atomic E-state index is 10.3. The molecule has 0 fully saturated rings. The minimum absolute atomic E-state index is 0.0156. The summed E-state index contributed by atoms with van der Waals surface area (Å²) >= 11 is 5.18. The van der Waals surface area contributed by atoms with Crippen LogP contribution in [0, 0.1) is 6.92 Å². The second kappa shape index (κ2) is 6.37. The zero-order valence-electron chi connectivity index (χ0n) is 9.20. The molecule has 1 heterocycles. The van der Waals surface area contributed by atoms with Crippen molar-refractivity contribution in [2.24, 2.45) is 5.73 Å². The van der Waals surface area contributed by atoms with Crippen molar-refractivity contribution in [3.05, 3.63) is 20.3 Å². The van der Waals surface area contributed by atoms with E-state index in [0.29, 0.717) is 6.42 Å². The predicted molar refractivity (Wildman–Crippen MR) is 69.8 cm³/mol. The Morgan fingerprint density at radius 2 is 2.31 bits per heavy atom. The molecule has 0 bridgehead atoms. The van der Waals surface area contributed by atoms with Crippen LogP contribution in [0.15, 0.2) is 10.5 Å². The first kappa shape index (κ1) is 13.7. The number of carboxylic acid groups (broad SMARTS) is 1. The summed E-state index contributed by atoms with van der Waals surface area (Å²) in [4.78, 5) is 12.7. The Bertz CT molecular complexity index is 365. The second-order valence-electron chi connectivity index (χ2n) is 3.82. The van der Waals surface area contributed by atoms with Crippen LogP contribution in [0.2, 0.25) is 0 Å². The number of hydrogen-bond acceptors (Lipinski definition) is 3. The van der Waals surface area contributed by atoms with Gasteiger partial charge in [0.2, 0.25) is 0 Å². The highest BCUT2D eigenvalue weighted by atomic mass is 79.9. The lowest BCUT2D eigenvalue weighted by Gasteiger charge is -2.09. The van der Waals surface area contributed by atoms with Gasteiger partial charge in [-0.25, -0.2) is 0 Å². The van der Waals surface area contributed by atoms with Crippen molar-refractivity contribution in [2.45, 2.75) is 38.6 Å². The van der Waals surface area contributed by atoms with Crippen LogP contribution < -0.4 is 5.73 Å². The van der Waals surface area contributed by atoms with Crippen molar-refractivity contribution in [1.82, 2.24) is 0 Å². The third-order valence-corrected chi connectivity index (χ3v) is 4.43. The van der Waals surface area contributed by atoms with Gasteiger partial charge in [-0.3, -0.25) is 4.79 Å². The lowest BCUT2D eigenvalue weighted by Crippen LogP contribution is -2.09. The van der Waals surface area contributed by atoms with Crippen LogP contribution in [0.4, 0.5) is 0 Å². The normalized spacial score (nSPS) is 12.7. The Hall–Kier alpha value is -0.390. The first-order valence-electron chi connectivity index (χ1n) is 5.24. The highest BCUT2D eigenvalue weighted by molar-refractivity contribution is 9.10. The summed E-state index contributed by atoms with van der Waals surface area (Å²) in [5, 5.41) is 8.51. The highest BCUT2D eigenvalue weighted by Gasteiger charge is 2.12. The van der Waals surface area contributed by atoms with Crippen molar-refractivity contribution in [1.29, 1.82) is 0 Å². The number of halogens is 1. The number of thiophene rings is 1. The van der Waals surface area contributed by atoms with Crippen molar-refractivity contribution >= 4 is 33.2 Å². The Kier molecular flexibility index (Phi) is 5.44. The van der Waals surface area contributed by atoms with Crippen LogP contribution in [0.1, 0.15) is 41.5 Å². The first-order chi connectivity index (χ1) is 7.50. The van der Waals surface area contributed by atoms with E-state index in [0.717, 1.165) is 22.2 Å². The zero-order chi connectivity index (χ0) is 12.1. The van der Waals surface area contributed by atoms with E-state index < -0.39 is 5.97 Å². The average molecular weight is 306 g/mol. The van der Waals surface area contributed by atoms with E-state index in [1.54, 1.807) is 11.3 Å². The van der Waals surface area contributed by atoms with Crippen LogP contribution in [0.3, 0.4) is 0 Å². The highest BCUT2D eigenvalue weighted by Crippen LogP contribution is 2.33. The van der Waals surface area contributed by atoms with Gasteiger partial charge in [0.1, 0.15) is 0 Å². The summed E-state index contributed by atoms with van der Waals surface area (Å²) in [6, 6.07) is 2.08. The Morgan fingerprint density at radius 3 is 2.81 bits per heavy atom. The van der Waals surface area contributed by atoms with E-state index in [-0.39, 0.29) is 12.5 Å². The van der Waals surface area contributed by atoms with Gasteiger partial charge in [0.05, 0.1) is 0 Å². The van der Waals surface area contributed by atoms with E-state index in [1.165, 1.54) is 4.88 Å². The van der Waals surface area contributed by atoms with E-state index in [2.05, 4.69) is 28.9 Å². The molecular formula is C11H16BrNO2S. The lowest BCUT2D eigenvalue weighted by atomic mass is 10.1. The summed E-state index contributed by atoms with van der Waals surface area (Å²) in [5.74, 6) is -0.735. The maximum Gasteiger partial charge on any atom is 0.303 e. The standard InChI is InChI=1S/C11H16BrNO2S/c1-7-6-8(12)11(16-7)9(13)4-2-3-5-10(14)15/h6,9H,2-5,13H2,1H3,(H,14,15). The molecule has 5 heteroatoms. The fourth-order valence-electron chi connectivity index (χ4n) is 1.53. The minimum atomic E-state index is -0.735. The van der Waals surface area contributed by atoms with Gasteiger partial charge in [-0.2, -0.15) is 0 Å². The van der Waals surface area contributed by atoms with Crippen LogP contribution >= 0.6 is 27.3 Å². The van der Waals surface area contributed by atoms with E-state index >= 15 is 0 Å². The molecule has 0 radical (unpaired) electrons. The summed E-state index contributed by atoms with van der Waals surface area (Å²) < 4.78 is 1.07. The molecule has 0 aliphatic heterocycles. The molecule has 1 unspecified atom stereocenters. The molecule has 90 valence electrons. The summed E-state index contributed by atoms with van der Waals surface area (Å²) in [5.41, 5.74) is 6.06. The Morgan fingerprint density at radius 1 is 1.62 bits per heavy atom. The van der Waals surface area contributed by atoms with E-state index in [1.807, 2.05) is 0 Å². The van der Waals surface area contributed by atoms with Gasteiger partial charge < -0.3 is 10.8 Å². The van der Waals surface area contributed by atoms with Gasteiger partial charge in [0, 0.05) is 26.7 Å². The number of rotatable bonds is 6. The summed E-state index contributed by atoms with van der Waals surface area (Å²) in [6.07, 6.45) is 2.63. The maximum absolute atomic E-state index is 10.3. The number of aryl methyl sites for hydroxylation is 1. The molecular weight excluding hydrogens is 290 g/mol. The molecule has 1 aromatic rings. The van der Waals surface area contributed by atoms with Gasteiger partial charge >= 0.3 is 5.97 Å². The smallest absolute Gasteiger partial charge is 0.303 e. The van der Waals surface area contributed by atoms with Crippen molar-refractivity contribution < 1.29 is 9.90 Å². The minimum Gasteiger partial charge on any atom is -0.481 e. The molecule has 0 saturated carbocycles. The fraction of sp³-hybridized carbons (Fsp3) is 0.545. The van der Waals surface area contributed by atoms with Crippen LogP contribution in [-0.2, 0) is 4.79 Å². The molecule has 1 aromatic heterocycles. The third-order valence-electron chi connectivity index (χ3n) is 2.33. The van der Waals surface area contributed by atoms with Crippen LogP contribution in [-0.4, -0.2) is 11.1 Å². The molecule has 0 spiro atoms. The van der Waals surface area contributed by atoms with Crippen LogP contribution in [0.5, 0.6) is 0 Å². The summed E-state index contributed by atoms with van der Waals surface area (Å²) in [6.45, 7) is 2.05. The van der Waals surface area contributed by atoms with Crippen molar-refractivity contribution in [3.63, 3.8) is 0 Å². The molecule has 0 saturated heterocycles. The largest absolute Gasteiger partial charge is 0.481 e. The Labute approximate surface area is 108 Å². The molecule has 0 aliphatic rings. The van der Waals surface area contributed by atoms with Crippen molar-refractivity contribution in [3.8, 4) is 0 Å². The van der Waals surface area contributed by atoms with E-state index in [4.69, 9.17) is 10.8 Å². The predicted octanol–water partition coefficient (Wildman–Crippen LogP) is 3.46. The van der Waals surface area contributed by atoms with Gasteiger partial charge in [-0.1, -0.05) is 6.42 Å². The Balaban J connectivity index is 2.38. The molecule has 0 aromatic carbocycles. The monoisotopic (exact) mass is 305 g/mol. The first-order valence-corrected chi connectivity index (χ1v) is 6.85. The third kappa shape index (κ3) is 4.23. The van der Waals surface area contributed by atoms with E-state index in [9.17, 15) is 4.79 Å². The number of nitrogens with two attached hydrogens (primary N) is 1. The molecule has 3 nitrogen and oxygen atoms in total. The topological polar surface area (TPSA) is 63.3 Å². The van der Waals surface area contributed by atoms with Gasteiger partial charge in [0.15, 0.2) is 0 Å². The molecule has 1 rings (SSSR count). The number of hydrogen-bond donors (Lipinski definition) is 2. The quantitative estimate of drug-likeness (QED) is 0.791. The van der Waals surface area contributed by atoms with Gasteiger partial charge in [0.25, 0.3) is 0 Å². The van der Waals surface area contributed by atoms with Crippen molar-refractivity contribution in [2.75, 3.05) is 0 Å². The van der Waals surface area contributed by atoms with Gasteiger partial charge in [-0.15, -0.1) is 11.3 Å². The molecule has 16 heavy (non-hydrogen) atoms. The molecule has 3 N–H and O–H groups in total. The molecule has 0 amide bonds. The SMILES string of the molecule is Cc1cc(Br)c(C(N)CCCCC(=O)O)s1. The van der Waals surface area contributed by atoms with Gasteiger partial charge in [-0.05, 0) is 41.8 Å². The number of unbranched alkanes of at least 4 members (excludes halogenated alkanes) is 1. The molecule has 1 atom stereocenters. The fourth-order valence-corrected chi connectivity index (χ4v) is 3.51. The number of carboxylic acids is 1. The van der Waals surface area contributed by atoms with Crippen LogP contribution in [0.25, 0.3) is 0 Å².